The smallest absolute Gasteiger partial charge is 0.305 e. The van der Waals surface area contributed by atoms with E-state index < -0.39 is 12.2 Å². The number of hydrogen-bond acceptors (Lipinski definition) is 6. The van der Waals surface area contributed by atoms with Gasteiger partial charge in [0, 0.05) is 37.4 Å². The highest BCUT2D eigenvalue weighted by molar-refractivity contribution is 6.21. The molecule has 5 atom stereocenters. The van der Waals surface area contributed by atoms with Gasteiger partial charge >= 0.3 is 5.97 Å². The number of hydrogen-bond donors (Lipinski definition) is 2. The van der Waals surface area contributed by atoms with E-state index in [9.17, 15) is 15.0 Å². The number of carbonyl (C=O) groups is 1. The van der Waals surface area contributed by atoms with Crippen molar-refractivity contribution >= 4 is 17.6 Å². The molecule has 1 aliphatic heterocycles. The van der Waals surface area contributed by atoms with Gasteiger partial charge in [-0.25, -0.2) is 0 Å². The van der Waals surface area contributed by atoms with Crippen LogP contribution in [0.5, 0.6) is 0 Å². The predicted octanol–water partition coefficient (Wildman–Crippen LogP) is 5.36. The van der Waals surface area contributed by atoms with Crippen LogP contribution in [0, 0.1) is 5.92 Å². The Balaban J connectivity index is 1.38. The fourth-order valence-corrected chi connectivity index (χ4v) is 5.88. The molecule has 0 spiro atoms. The number of halogens is 1. The summed E-state index contributed by atoms with van der Waals surface area (Å²) in [4.78, 5) is 14.2. The number of carbonyl (C=O) groups excluding carboxylic acids is 1. The van der Waals surface area contributed by atoms with E-state index in [0.717, 1.165) is 88.9 Å². The molecule has 1 aromatic rings. The molecule has 37 heavy (non-hydrogen) atoms. The minimum Gasteiger partial charge on any atom is -0.464 e. The molecule has 208 valence electrons. The van der Waals surface area contributed by atoms with Crippen molar-refractivity contribution in [3.8, 4) is 0 Å². The first kappa shape index (κ1) is 30.1. The van der Waals surface area contributed by atoms with E-state index in [4.69, 9.17) is 21.1 Å². The lowest BCUT2D eigenvalue weighted by molar-refractivity contribution is -0.144. The molecule has 0 amide bonds. The van der Waals surface area contributed by atoms with Crippen molar-refractivity contribution in [3.63, 3.8) is 0 Å². The molecule has 2 fully saturated rings. The van der Waals surface area contributed by atoms with Gasteiger partial charge in [-0.3, -0.25) is 9.69 Å². The van der Waals surface area contributed by atoms with E-state index in [2.05, 4.69) is 24.0 Å². The summed E-state index contributed by atoms with van der Waals surface area (Å²) in [6, 6.07) is 8.07. The Hall–Kier alpha value is -1.44. The van der Waals surface area contributed by atoms with Crippen LogP contribution >= 0.6 is 11.6 Å². The molecule has 1 saturated carbocycles. The number of aliphatic hydroxyl groups is 2. The van der Waals surface area contributed by atoms with E-state index in [0.29, 0.717) is 19.4 Å². The van der Waals surface area contributed by atoms with Gasteiger partial charge < -0.3 is 19.7 Å². The third kappa shape index (κ3) is 9.99. The van der Waals surface area contributed by atoms with Crippen molar-refractivity contribution < 1.29 is 24.5 Å². The first-order valence-corrected chi connectivity index (χ1v) is 14.6. The largest absolute Gasteiger partial charge is 0.464 e. The molecular weight excluding hydrogens is 490 g/mol. The fraction of sp³-hybridized carbons (Fsp3) is 0.700. The Morgan fingerprint density at radius 1 is 1.19 bits per heavy atom. The van der Waals surface area contributed by atoms with Gasteiger partial charge in [0.05, 0.1) is 25.4 Å². The van der Waals surface area contributed by atoms with Gasteiger partial charge in [-0.15, -0.1) is 11.6 Å². The lowest BCUT2D eigenvalue weighted by Gasteiger charge is -2.26. The number of esters is 1. The van der Waals surface area contributed by atoms with Crippen LogP contribution in [0.3, 0.4) is 0 Å². The second-order valence-electron chi connectivity index (χ2n) is 10.5. The molecule has 2 N–H and O–H groups in total. The van der Waals surface area contributed by atoms with Crippen molar-refractivity contribution in [2.45, 2.75) is 88.2 Å². The molecule has 3 rings (SSSR count). The fourth-order valence-electron chi connectivity index (χ4n) is 5.44. The predicted molar refractivity (Wildman–Crippen MR) is 148 cm³/mol. The third-order valence-corrected chi connectivity index (χ3v) is 8.20. The van der Waals surface area contributed by atoms with Crippen LogP contribution in [0.1, 0.15) is 87.9 Å². The average molecular weight is 536 g/mol. The van der Waals surface area contributed by atoms with Crippen LogP contribution in [0.25, 0.3) is 0 Å². The highest BCUT2D eigenvalue weighted by atomic mass is 35.5. The van der Waals surface area contributed by atoms with E-state index in [1.165, 1.54) is 0 Å². The number of unbranched alkanes of at least 4 members (excludes halogenated alkanes) is 3. The van der Waals surface area contributed by atoms with E-state index in [-0.39, 0.29) is 23.2 Å². The number of allylic oxidation sites excluding steroid dienone is 2. The average Bonchev–Trinajstić information content (AvgIpc) is 3.19. The maximum absolute atomic E-state index is 12.0. The molecule has 1 aliphatic carbocycles. The van der Waals surface area contributed by atoms with Crippen LogP contribution in [0.4, 0.5) is 0 Å². The summed E-state index contributed by atoms with van der Waals surface area (Å²) < 4.78 is 10.7. The van der Waals surface area contributed by atoms with E-state index in [1.807, 2.05) is 24.3 Å². The Morgan fingerprint density at radius 2 is 1.95 bits per heavy atom. The quantitative estimate of drug-likeness (QED) is 0.136. The summed E-state index contributed by atoms with van der Waals surface area (Å²) in [6.07, 6.45) is 10.8. The number of nitrogens with zero attached hydrogens (tertiary/aromatic N) is 1. The Bertz CT molecular complexity index is 811. The molecule has 6 nitrogen and oxygen atoms in total. The van der Waals surface area contributed by atoms with Gasteiger partial charge in [-0.05, 0) is 49.1 Å². The second-order valence-corrected chi connectivity index (χ2v) is 11.0. The maximum atomic E-state index is 12.0. The standard InChI is InChI=1S/C30H46ClNO5/c1-2-3-6-10-27(33)23-12-14-24(15-13-23)30-25(26(31)22-28(30)34)9-7-4-5-8-11-29(35)37-21-18-32-16-19-36-20-17-32/h4,7,12-15,25-28,30,33-34H,2-3,5-6,8-11,16-22H2,1H3/t25-,26+,27?,28?,30+/m0/s1. The molecule has 7 heteroatoms. The van der Waals surface area contributed by atoms with Crippen LogP contribution in [0.15, 0.2) is 36.4 Å². The molecular formula is C30H46ClNO5. The molecule has 0 aromatic heterocycles. The molecule has 2 unspecified atom stereocenters. The number of ether oxygens (including phenoxy) is 2. The van der Waals surface area contributed by atoms with Crippen LogP contribution in [-0.4, -0.2) is 72.0 Å². The van der Waals surface area contributed by atoms with Crippen LogP contribution < -0.4 is 0 Å². The zero-order valence-electron chi connectivity index (χ0n) is 22.4. The summed E-state index contributed by atoms with van der Waals surface area (Å²) in [6.45, 7) is 6.68. The number of morpholine rings is 1. The number of alkyl halides is 1. The van der Waals surface area contributed by atoms with Crippen molar-refractivity contribution in [2.75, 3.05) is 39.5 Å². The summed E-state index contributed by atoms with van der Waals surface area (Å²) in [7, 11) is 0. The zero-order valence-corrected chi connectivity index (χ0v) is 23.2. The van der Waals surface area contributed by atoms with Gasteiger partial charge in [-0.2, -0.15) is 0 Å². The molecule has 0 bridgehead atoms. The number of aliphatic hydroxyl groups excluding tert-OH is 2. The SMILES string of the molecule is CCCCCC(O)c1ccc([C@H]2C(O)C[C@@H](Cl)[C@@H]2CC=CCCCC(=O)OCCN2CCOCC2)cc1. The molecule has 1 heterocycles. The molecule has 0 radical (unpaired) electrons. The van der Waals surface area contributed by atoms with Crippen molar-refractivity contribution in [2.24, 2.45) is 5.92 Å². The van der Waals surface area contributed by atoms with Gasteiger partial charge in [0.1, 0.15) is 6.61 Å². The first-order chi connectivity index (χ1) is 18.0. The van der Waals surface area contributed by atoms with Crippen LogP contribution in [-0.2, 0) is 14.3 Å². The summed E-state index contributed by atoms with van der Waals surface area (Å²) in [5.41, 5.74) is 2.02. The Morgan fingerprint density at radius 3 is 2.68 bits per heavy atom. The maximum Gasteiger partial charge on any atom is 0.305 e. The van der Waals surface area contributed by atoms with Crippen molar-refractivity contribution in [3.05, 3.63) is 47.5 Å². The number of benzene rings is 1. The minimum atomic E-state index is -0.464. The second kappa shape index (κ2) is 16.5. The lowest BCUT2D eigenvalue weighted by atomic mass is 9.84. The highest BCUT2D eigenvalue weighted by Crippen LogP contribution is 2.45. The topological polar surface area (TPSA) is 79.2 Å². The summed E-state index contributed by atoms with van der Waals surface area (Å²) in [5, 5.41) is 21.1. The van der Waals surface area contributed by atoms with Gasteiger partial charge in [0.15, 0.2) is 0 Å². The monoisotopic (exact) mass is 535 g/mol. The Labute approximate surface area is 228 Å². The molecule has 1 saturated heterocycles. The first-order valence-electron chi connectivity index (χ1n) is 14.2. The molecule has 1 aromatic carbocycles. The zero-order chi connectivity index (χ0) is 26.5. The van der Waals surface area contributed by atoms with Gasteiger partial charge in [0.25, 0.3) is 0 Å². The third-order valence-electron chi connectivity index (χ3n) is 7.70. The minimum absolute atomic E-state index is 0.0140. The summed E-state index contributed by atoms with van der Waals surface area (Å²) in [5.74, 6) is -0.00124. The number of rotatable bonds is 15. The van der Waals surface area contributed by atoms with Crippen molar-refractivity contribution in [1.82, 2.24) is 4.90 Å². The summed E-state index contributed by atoms with van der Waals surface area (Å²) >= 11 is 6.65. The normalized spacial score (nSPS) is 25.5. The molecule has 2 aliphatic rings. The van der Waals surface area contributed by atoms with Crippen LogP contribution in [0.2, 0.25) is 0 Å². The highest BCUT2D eigenvalue weighted by Gasteiger charge is 2.41. The van der Waals surface area contributed by atoms with Gasteiger partial charge in [0.2, 0.25) is 0 Å². The van der Waals surface area contributed by atoms with Crippen molar-refractivity contribution in [1.29, 1.82) is 0 Å². The lowest BCUT2D eigenvalue weighted by Crippen LogP contribution is -2.38. The van der Waals surface area contributed by atoms with E-state index in [1.54, 1.807) is 0 Å². The van der Waals surface area contributed by atoms with Gasteiger partial charge in [-0.1, -0.05) is 62.6 Å². The Kier molecular flexibility index (Phi) is 13.4. The van der Waals surface area contributed by atoms with E-state index >= 15 is 0 Å².